The molecule has 4 rings (SSSR count). The van der Waals surface area contributed by atoms with Crippen molar-refractivity contribution in [3.63, 3.8) is 0 Å². The molecule has 180 valence electrons. The van der Waals surface area contributed by atoms with Crippen molar-refractivity contribution in [3.05, 3.63) is 59.7 Å². The average molecular weight is 465 g/mol. The summed E-state index contributed by atoms with van der Waals surface area (Å²) in [5.74, 6) is -1.48. The second-order valence-electron chi connectivity index (χ2n) is 9.46. The normalized spacial score (nSPS) is 18.9. The summed E-state index contributed by atoms with van der Waals surface area (Å²) in [6, 6.07) is 16.2. The zero-order valence-electron chi connectivity index (χ0n) is 19.7. The van der Waals surface area contributed by atoms with Crippen LogP contribution in [0.2, 0.25) is 0 Å². The molecule has 2 aliphatic carbocycles. The van der Waals surface area contributed by atoms with E-state index in [9.17, 15) is 19.5 Å². The monoisotopic (exact) mass is 464 g/mol. The maximum Gasteiger partial charge on any atom is 0.407 e. The zero-order chi connectivity index (χ0) is 24.2. The summed E-state index contributed by atoms with van der Waals surface area (Å²) in [6.45, 7) is 3.91. The number of carboxylic acids is 1. The van der Waals surface area contributed by atoms with Crippen LogP contribution in [0.15, 0.2) is 48.5 Å². The Morgan fingerprint density at radius 1 is 1.03 bits per heavy atom. The minimum absolute atomic E-state index is 0.00502. The van der Waals surface area contributed by atoms with Crippen LogP contribution in [-0.2, 0) is 14.3 Å². The van der Waals surface area contributed by atoms with E-state index in [1.165, 1.54) is 16.0 Å². The van der Waals surface area contributed by atoms with E-state index in [2.05, 4.69) is 29.6 Å². The van der Waals surface area contributed by atoms with Crippen molar-refractivity contribution < 1.29 is 24.2 Å². The van der Waals surface area contributed by atoms with Crippen molar-refractivity contribution in [2.75, 3.05) is 19.7 Å². The maximum atomic E-state index is 13.0. The molecule has 34 heavy (non-hydrogen) atoms. The number of ether oxygens (including phenoxy) is 1. The molecule has 1 saturated carbocycles. The molecule has 2 atom stereocenters. The summed E-state index contributed by atoms with van der Waals surface area (Å²) < 4.78 is 5.61. The molecule has 2 aromatic carbocycles. The maximum absolute atomic E-state index is 13.0. The fourth-order valence-electron chi connectivity index (χ4n) is 5.34. The molecule has 2 unspecified atom stereocenters. The number of aliphatic carboxylic acids is 1. The quantitative estimate of drug-likeness (QED) is 0.609. The van der Waals surface area contributed by atoms with Gasteiger partial charge in [-0.15, -0.1) is 0 Å². The highest BCUT2D eigenvalue weighted by Gasteiger charge is 2.37. The van der Waals surface area contributed by atoms with Crippen molar-refractivity contribution >= 4 is 18.0 Å². The first-order valence-corrected chi connectivity index (χ1v) is 12.0. The third-order valence-electron chi connectivity index (χ3n) is 7.04. The smallest absolute Gasteiger partial charge is 0.407 e. The summed E-state index contributed by atoms with van der Waals surface area (Å²) in [4.78, 5) is 38.2. The number of amides is 2. The first-order chi connectivity index (χ1) is 16.4. The van der Waals surface area contributed by atoms with E-state index in [1.54, 1.807) is 0 Å². The van der Waals surface area contributed by atoms with E-state index in [0.29, 0.717) is 13.0 Å². The molecular formula is C27H32N2O5. The highest BCUT2D eigenvalue weighted by Crippen LogP contribution is 2.44. The number of carboxylic acid groups (broad SMARTS) is 1. The summed E-state index contributed by atoms with van der Waals surface area (Å²) in [5, 5.41) is 12.0. The molecule has 0 spiro atoms. The predicted octanol–water partition coefficient (Wildman–Crippen LogP) is 4.26. The largest absolute Gasteiger partial charge is 0.480 e. The van der Waals surface area contributed by atoms with Crippen LogP contribution < -0.4 is 5.32 Å². The fourth-order valence-corrected chi connectivity index (χ4v) is 5.34. The molecule has 0 saturated heterocycles. The third-order valence-corrected chi connectivity index (χ3v) is 7.04. The molecule has 7 heteroatoms. The zero-order valence-corrected chi connectivity index (χ0v) is 19.7. The van der Waals surface area contributed by atoms with Crippen LogP contribution in [0.4, 0.5) is 4.79 Å². The van der Waals surface area contributed by atoms with Gasteiger partial charge in [0.2, 0.25) is 5.91 Å². The molecular weight excluding hydrogens is 432 g/mol. The van der Waals surface area contributed by atoms with Gasteiger partial charge in [0.05, 0.1) is 0 Å². The van der Waals surface area contributed by atoms with Gasteiger partial charge in [-0.05, 0) is 54.9 Å². The van der Waals surface area contributed by atoms with E-state index < -0.39 is 12.1 Å². The number of hydrogen-bond acceptors (Lipinski definition) is 4. The number of benzene rings is 2. The van der Waals surface area contributed by atoms with Crippen molar-refractivity contribution in [2.24, 2.45) is 11.8 Å². The van der Waals surface area contributed by atoms with Gasteiger partial charge in [-0.1, -0.05) is 55.0 Å². The molecule has 2 aromatic rings. The van der Waals surface area contributed by atoms with E-state index >= 15 is 0 Å². The first kappa shape index (κ1) is 23.8. The molecule has 2 aliphatic rings. The van der Waals surface area contributed by atoms with Gasteiger partial charge in [0.25, 0.3) is 0 Å². The van der Waals surface area contributed by atoms with Gasteiger partial charge in [0, 0.05) is 24.4 Å². The predicted molar refractivity (Wildman–Crippen MR) is 128 cm³/mol. The SMILES string of the molecule is CC(C)N(CC(=O)O)C(=O)C1CCCC1CNC(=O)OCC1c2ccccc2-c2ccccc21. The fraction of sp³-hybridized carbons (Fsp3) is 0.444. The van der Waals surface area contributed by atoms with Gasteiger partial charge >= 0.3 is 12.1 Å². The molecule has 0 radical (unpaired) electrons. The van der Waals surface area contributed by atoms with Gasteiger partial charge < -0.3 is 20.1 Å². The lowest BCUT2D eigenvalue weighted by Gasteiger charge is -2.30. The minimum Gasteiger partial charge on any atom is -0.480 e. The lowest BCUT2D eigenvalue weighted by molar-refractivity contribution is -0.148. The number of alkyl carbamates (subject to hydrolysis) is 1. The molecule has 2 amide bonds. The summed E-state index contributed by atoms with van der Waals surface area (Å²) in [6.07, 6.45) is 1.91. The van der Waals surface area contributed by atoms with Gasteiger partial charge in [-0.3, -0.25) is 9.59 Å². The number of hydrogen-bond donors (Lipinski definition) is 2. The Morgan fingerprint density at radius 2 is 1.65 bits per heavy atom. The lowest BCUT2D eigenvalue weighted by Crippen LogP contribution is -2.46. The summed E-state index contributed by atoms with van der Waals surface area (Å²) in [5.41, 5.74) is 4.67. The van der Waals surface area contributed by atoms with Gasteiger partial charge in [0.15, 0.2) is 0 Å². The average Bonchev–Trinajstić information content (AvgIpc) is 3.42. The Kier molecular flexibility index (Phi) is 7.20. The first-order valence-electron chi connectivity index (χ1n) is 12.0. The second-order valence-corrected chi connectivity index (χ2v) is 9.46. The van der Waals surface area contributed by atoms with Crippen LogP contribution in [0.25, 0.3) is 11.1 Å². The van der Waals surface area contributed by atoms with Crippen LogP contribution in [0.5, 0.6) is 0 Å². The van der Waals surface area contributed by atoms with E-state index in [4.69, 9.17) is 4.74 Å². The van der Waals surface area contributed by atoms with Crippen LogP contribution in [0.3, 0.4) is 0 Å². The number of nitrogens with zero attached hydrogens (tertiary/aromatic N) is 1. The molecule has 0 bridgehead atoms. The van der Waals surface area contributed by atoms with Gasteiger partial charge in [0.1, 0.15) is 13.2 Å². The Morgan fingerprint density at radius 3 is 2.24 bits per heavy atom. The molecule has 7 nitrogen and oxygen atoms in total. The van der Waals surface area contributed by atoms with Crippen molar-refractivity contribution in [1.29, 1.82) is 0 Å². The second kappa shape index (κ2) is 10.3. The topological polar surface area (TPSA) is 95.9 Å². The Labute approximate surface area is 200 Å². The van der Waals surface area contributed by atoms with Crippen LogP contribution >= 0.6 is 0 Å². The molecule has 0 aliphatic heterocycles. The third kappa shape index (κ3) is 4.93. The molecule has 2 N–H and O–H groups in total. The summed E-state index contributed by atoms with van der Waals surface area (Å²) >= 11 is 0. The molecule has 0 aromatic heterocycles. The van der Waals surface area contributed by atoms with E-state index in [-0.39, 0.29) is 42.9 Å². The number of fused-ring (bicyclic) bond motifs is 3. The van der Waals surface area contributed by atoms with Crippen molar-refractivity contribution in [1.82, 2.24) is 10.2 Å². The van der Waals surface area contributed by atoms with E-state index in [0.717, 1.165) is 24.0 Å². The number of carbonyl (C=O) groups excluding carboxylic acids is 2. The highest BCUT2D eigenvalue weighted by molar-refractivity contribution is 5.84. The van der Waals surface area contributed by atoms with Crippen LogP contribution in [-0.4, -0.2) is 53.7 Å². The Hall–Kier alpha value is -3.35. The minimum atomic E-state index is -1.02. The Bertz CT molecular complexity index is 1020. The van der Waals surface area contributed by atoms with Gasteiger partial charge in [-0.2, -0.15) is 0 Å². The van der Waals surface area contributed by atoms with E-state index in [1.807, 2.05) is 38.1 Å². The summed E-state index contributed by atoms with van der Waals surface area (Å²) in [7, 11) is 0. The number of nitrogens with one attached hydrogen (secondary N) is 1. The van der Waals surface area contributed by atoms with Crippen molar-refractivity contribution in [3.8, 4) is 11.1 Å². The van der Waals surface area contributed by atoms with Gasteiger partial charge in [-0.25, -0.2) is 4.79 Å². The van der Waals surface area contributed by atoms with Crippen LogP contribution in [0.1, 0.15) is 50.2 Å². The number of rotatable bonds is 8. The van der Waals surface area contributed by atoms with Crippen molar-refractivity contribution in [2.45, 2.75) is 45.1 Å². The van der Waals surface area contributed by atoms with Crippen LogP contribution in [0, 0.1) is 11.8 Å². The lowest BCUT2D eigenvalue weighted by atomic mass is 9.94. The molecule has 0 heterocycles. The molecule has 1 fully saturated rings. The standard InChI is InChI=1S/C27H32N2O5/c1-17(2)29(15-25(30)31)26(32)19-13-7-8-18(19)14-28-27(33)34-16-24-22-11-5-3-9-20(22)21-10-4-6-12-23(21)24/h3-6,9-12,17-19,24H,7-8,13-16H2,1-2H3,(H,28,33)(H,30,31). The Balaban J connectivity index is 1.34. The number of carbonyl (C=O) groups is 3. The highest BCUT2D eigenvalue weighted by atomic mass is 16.5.